The molecule has 0 bridgehead atoms. The molecule has 0 fully saturated rings. The van der Waals surface area contributed by atoms with E-state index in [0.717, 1.165) is 30.5 Å². The maximum atomic E-state index is 9.19. The van der Waals surface area contributed by atoms with Crippen molar-refractivity contribution in [2.45, 2.75) is 45.7 Å². The zero-order chi connectivity index (χ0) is 12.6. The molecule has 17 heavy (non-hydrogen) atoms. The van der Waals surface area contributed by atoms with Crippen molar-refractivity contribution in [3.05, 3.63) is 12.2 Å². The van der Waals surface area contributed by atoms with Gasteiger partial charge < -0.3 is 5.11 Å². The van der Waals surface area contributed by atoms with Gasteiger partial charge in [0.1, 0.15) is 13.1 Å². The molecule has 1 aliphatic rings. The van der Waals surface area contributed by atoms with Crippen LogP contribution in [0.1, 0.15) is 39.5 Å². The van der Waals surface area contributed by atoms with Crippen LogP contribution in [-0.4, -0.2) is 48.2 Å². The summed E-state index contributed by atoms with van der Waals surface area (Å²) in [7, 11) is 0. The molecule has 0 radical (unpaired) electrons. The van der Waals surface area contributed by atoms with Crippen molar-refractivity contribution < 1.29 is 9.59 Å². The highest BCUT2D eigenvalue weighted by molar-refractivity contribution is 5.60. The minimum absolute atomic E-state index is 0.230. The summed E-state index contributed by atoms with van der Waals surface area (Å²) in [4.78, 5) is 4.55. The molecule has 3 heteroatoms. The van der Waals surface area contributed by atoms with Crippen molar-refractivity contribution in [3.63, 3.8) is 0 Å². The van der Waals surface area contributed by atoms with Crippen LogP contribution < -0.4 is 0 Å². The van der Waals surface area contributed by atoms with E-state index in [9.17, 15) is 5.11 Å². The van der Waals surface area contributed by atoms with E-state index >= 15 is 0 Å². The SMILES string of the molecule is CCCCC/C=C/C1N=CC[N+]1(CC)CCO. The largest absolute Gasteiger partial charge is 0.391 e. The Balaban J connectivity index is 2.47. The second kappa shape index (κ2) is 7.62. The second-order valence-corrected chi connectivity index (χ2v) is 4.83. The van der Waals surface area contributed by atoms with E-state index in [4.69, 9.17) is 0 Å². The van der Waals surface area contributed by atoms with Gasteiger partial charge >= 0.3 is 0 Å². The van der Waals surface area contributed by atoms with E-state index in [2.05, 4.69) is 31.0 Å². The smallest absolute Gasteiger partial charge is 0.202 e. The maximum Gasteiger partial charge on any atom is 0.202 e. The van der Waals surface area contributed by atoms with Crippen LogP contribution in [0.5, 0.6) is 0 Å². The van der Waals surface area contributed by atoms with Gasteiger partial charge in [0.05, 0.1) is 19.4 Å². The highest BCUT2D eigenvalue weighted by Crippen LogP contribution is 2.20. The second-order valence-electron chi connectivity index (χ2n) is 4.83. The molecule has 0 amide bonds. The van der Waals surface area contributed by atoms with Crippen LogP contribution >= 0.6 is 0 Å². The molecule has 1 aliphatic heterocycles. The molecule has 1 N–H and O–H groups in total. The molecule has 0 aromatic carbocycles. The van der Waals surface area contributed by atoms with Gasteiger partial charge in [-0.25, -0.2) is 4.99 Å². The summed E-state index contributed by atoms with van der Waals surface area (Å²) < 4.78 is 0.890. The number of nitrogens with zero attached hydrogens (tertiary/aromatic N) is 2. The molecule has 1 rings (SSSR count). The van der Waals surface area contributed by atoms with Crippen molar-refractivity contribution in [2.24, 2.45) is 4.99 Å². The summed E-state index contributed by atoms with van der Waals surface area (Å²) >= 11 is 0. The highest BCUT2D eigenvalue weighted by Gasteiger charge is 2.35. The number of rotatable bonds is 8. The standard InChI is InChI=1S/C14H27N2O/c1-3-5-6-7-8-9-14-15-10-11-16(14,4-2)12-13-17/h8-10,14,17H,3-7,11-13H2,1-2H3/q+1/b9-8+. The number of unbranched alkanes of at least 4 members (excludes halogenated alkanes) is 3. The van der Waals surface area contributed by atoms with Gasteiger partial charge in [-0.2, -0.15) is 0 Å². The Hall–Kier alpha value is -0.670. The van der Waals surface area contributed by atoms with Gasteiger partial charge in [-0.15, -0.1) is 0 Å². The Kier molecular flexibility index (Phi) is 6.45. The Labute approximate surface area is 105 Å². The van der Waals surface area contributed by atoms with Crippen LogP contribution in [0.25, 0.3) is 0 Å². The fourth-order valence-electron chi connectivity index (χ4n) is 2.43. The molecule has 0 aromatic heterocycles. The van der Waals surface area contributed by atoms with Gasteiger partial charge in [0, 0.05) is 0 Å². The lowest BCUT2D eigenvalue weighted by atomic mass is 10.2. The van der Waals surface area contributed by atoms with E-state index in [1.807, 2.05) is 6.21 Å². The number of aliphatic hydroxyl groups excluding tert-OH is 1. The number of likely N-dealkylation sites (N-methyl/N-ethyl adjacent to an activating group) is 1. The van der Waals surface area contributed by atoms with Crippen LogP contribution in [0.3, 0.4) is 0 Å². The zero-order valence-electron chi connectivity index (χ0n) is 11.3. The first-order valence-corrected chi connectivity index (χ1v) is 6.94. The monoisotopic (exact) mass is 239 g/mol. The predicted octanol–water partition coefficient (Wildman–Crippen LogP) is 2.36. The zero-order valence-corrected chi connectivity index (χ0v) is 11.3. The van der Waals surface area contributed by atoms with Crippen LogP contribution in [-0.2, 0) is 0 Å². The fourth-order valence-corrected chi connectivity index (χ4v) is 2.43. The van der Waals surface area contributed by atoms with Gasteiger partial charge in [-0.05, 0) is 25.8 Å². The molecule has 3 nitrogen and oxygen atoms in total. The lowest BCUT2D eigenvalue weighted by Gasteiger charge is -2.36. The van der Waals surface area contributed by atoms with Crippen molar-refractivity contribution in [3.8, 4) is 0 Å². The number of allylic oxidation sites excluding steroid dienone is 1. The third-order valence-corrected chi connectivity index (χ3v) is 3.72. The fraction of sp³-hybridized carbons (Fsp3) is 0.786. The van der Waals surface area contributed by atoms with Gasteiger partial charge in [-0.3, -0.25) is 4.48 Å². The van der Waals surface area contributed by atoms with Crippen LogP contribution in [0.15, 0.2) is 17.1 Å². The Morgan fingerprint density at radius 1 is 1.41 bits per heavy atom. The van der Waals surface area contributed by atoms with Crippen molar-refractivity contribution >= 4 is 6.21 Å². The summed E-state index contributed by atoms with van der Waals surface area (Å²) in [6.45, 7) is 7.46. The summed E-state index contributed by atoms with van der Waals surface area (Å²) in [5.74, 6) is 0. The Bertz CT molecular complexity index is 263. The maximum absolute atomic E-state index is 9.19. The number of aliphatic hydroxyl groups is 1. The van der Waals surface area contributed by atoms with Crippen LogP contribution in [0.2, 0.25) is 0 Å². The lowest BCUT2D eigenvalue weighted by molar-refractivity contribution is -0.929. The first-order valence-electron chi connectivity index (χ1n) is 6.94. The third kappa shape index (κ3) is 3.93. The quantitative estimate of drug-likeness (QED) is 0.394. The minimum Gasteiger partial charge on any atom is -0.391 e. The van der Waals surface area contributed by atoms with Gasteiger partial charge in [-0.1, -0.05) is 25.8 Å². The van der Waals surface area contributed by atoms with Crippen LogP contribution in [0, 0.1) is 0 Å². The summed E-state index contributed by atoms with van der Waals surface area (Å²) in [6.07, 6.45) is 11.8. The molecule has 0 aliphatic carbocycles. The molecule has 2 unspecified atom stereocenters. The predicted molar refractivity (Wildman–Crippen MR) is 73.2 cm³/mol. The van der Waals surface area contributed by atoms with E-state index in [1.165, 1.54) is 19.3 Å². The molecule has 0 saturated carbocycles. The van der Waals surface area contributed by atoms with Crippen LogP contribution in [0.4, 0.5) is 0 Å². The van der Waals surface area contributed by atoms with Crippen molar-refractivity contribution in [1.82, 2.24) is 0 Å². The van der Waals surface area contributed by atoms with E-state index in [1.54, 1.807) is 0 Å². The average Bonchev–Trinajstić information content (AvgIpc) is 2.73. The summed E-state index contributed by atoms with van der Waals surface area (Å²) in [5, 5.41) is 9.19. The first-order chi connectivity index (χ1) is 8.29. The average molecular weight is 239 g/mol. The number of hydrogen-bond acceptors (Lipinski definition) is 2. The Morgan fingerprint density at radius 2 is 2.24 bits per heavy atom. The molecule has 0 spiro atoms. The van der Waals surface area contributed by atoms with E-state index in [0.29, 0.717) is 0 Å². The topological polar surface area (TPSA) is 32.6 Å². The molecular weight excluding hydrogens is 212 g/mol. The lowest BCUT2D eigenvalue weighted by Crippen LogP contribution is -2.53. The molecule has 0 aromatic rings. The first kappa shape index (κ1) is 14.4. The number of aliphatic imine (C=N–C) groups is 1. The molecule has 98 valence electrons. The summed E-state index contributed by atoms with van der Waals surface area (Å²) in [6, 6.07) is 0. The van der Waals surface area contributed by atoms with Gasteiger partial charge in [0.2, 0.25) is 6.17 Å². The number of quaternary nitrogens is 1. The molecular formula is C14H27N2O+. The van der Waals surface area contributed by atoms with Crippen molar-refractivity contribution in [2.75, 3.05) is 26.2 Å². The molecule has 1 heterocycles. The van der Waals surface area contributed by atoms with Crippen molar-refractivity contribution in [1.29, 1.82) is 0 Å². The summed E-state index contributed by atoms with van der Waals surface area (Å²) in [5.41, 5.74) is 0. The molecule has 0 saturated heterocycles. The molecule has 2 atom stereocenters. The van der Waals surface area contributed by atoms with E-state index < -0.39 is 0 Å². The van der Waals surface area contributed by atoms with Gasteiger partial charge in [0.15, 0.2) is 0 Å². The minimum atomic E-state index is 0.230. The van der Waals surface area contributed by atoms with E-state index in [-0.39, 0.29) is 12.8 Å². The third-order valence-electron chi connectivity index (χ3n) is 3.72. The normalized spacial score (nSPS) is 28.3. The Morgan fingerprint density at radius 3 is 2.88 bits per heavy atom. The number of hydrogen-bond donors (Lipinski definition) is 1. The van der Waals surface area contributed by atoms with Gasteiger partial charge in [0.25, 0.3) is 0 Å². The highest BCUT2D eigenvalue weighted by atomic mass is 16.3.